The lowest BCUT2D eigenvalue weighted by molar-refractivity contribution is 0.300. The van der Waals surface area contributed by atoms with Crippen molar-refractivity contribution >= 4 is 15.9 Å². The maximum absolute atomic E-state index is 13.2. The molecule has 3 nitrogen and oxygen atoms in total. The van der Waals surface area contributed by atoms with Gasteiger partial charge in [-0.3, -0.25) is 0 Å². The topological polar surface area (TPSA) is 27.1 Å². The van der Waals surface area contributed by atoms with E-state index in [2.05, 4.69) is 20.9 Å². The number of halogens is 2. The summed E-state index contributed by atoms with van der Waals surface area (Å²) in [7, 11) is 0. The lowest BCUT2D eigenvalue weighted by Crippen LogP contribution is -2.03. The molecule has 0 amide bonds. The van der Waals surface area contributed by atoms with Gasteiger partial charge in [0.05, 0.1) is 17.4 Å². The molecule has 0 fully saturated rings. The van der Waals surface area contributed by atoms with Crippen LogP contribution in [0.3, 0.4) is 0 Å². The maximum Gasteiger partial charge on any atom is 0.141 e. The van der Waals surface area contributed by atoms with E-state index in [0.29, 0.717) is 16.8 Å². The zero-order valence-corrected chi connectivity index (χ0v) is 10.7. The first kappa shape index (κ1) is 12.1. The first-order chi connectivity index (χ1) is 8.25. The predicted octanol–water partition coefficient (Wildman–Crippen LogP) is 3.25. The normalized spacial score (nSPS) is 10.5. The fourth-order valence-corrected chi connectivity index (χ4v) is 1.67. The average Bonchev–Trinajstić information content (AvgIpc) is 2.82. The highest BCUT2D eigenvalue weighted by Gasteiger charge is 2.01. The molecule has 1 heterocycles. The van der Waals surface area contributed by atoms with Crippen LogP contribution in [-0.4, -0.2) is 16.2 Å². The molecule has 2 aromatic rings. The summed E-state index contributed by atoms with van der Waals surface area (Å²) in [4.78, 5) is 3.95. The second-order valence-electron chi connectivity index (χ2n) is 3.58. The van der Waals surface area contributed by atoms with Crippen molar-refractivity contribution in [2.75, 3.05) is 6.61 Å². The van der Waals surface area contributed by atoms with Crippen molar-refractivity contribution in [3.63, 3.8) is 0 Å². The Balaban J connectivity index is 1.76. The number of hydrogen-bond donors (Lipinski definition) is 0. The van der Waals surface area contributed by atoms with E-state index in [1.807, 2.05) is 10.8 Å². The van der Waals surface area contributed by atoms with Crippen molar-refractivity contribution in [1.29, 1.82) is 0 Å². The first-order valence-electron chi connectivity index (χ1n) is 5.29. The van der Waals surface area contributed by atoms with E-state index in [1.165, 1.54) is 6.07 Å². The van der Waals surface area contributed by atoms with Crippen LogP contribution in [0.15, 0.2) is 41.4 Å². The van der Waals surface area contributed by atoms with Crippen LogP contribution >= 0.6 is 15.9 Å². The summed E-state index contributed by atoms with van der Waals surface area (Å²) in [5, 5.41) is 0. The van der Waals surface area contributed by atoms with Crippen molar-refractivity contribution in [2.45, 2.75) is 13.0 Å². The highest BCUT2D eigenvalue weighted by Crippen LogP contribution is 2.20. The molecular formula is C12H12BrFN2O. The van der Waals surface area contributed by atoms with Gasteiger partial charge >= 0.3 is 0 Å². The Morgan fingerprint density at radius 3 is 3.00 bits per heavy atom. The molecule has 0 N–H and O–H groups in total. The number of aromatic nitrogens is 2. The van der Waals surface area contributed by atoms with Crippen LogP contribution in [0.25, 0.3) is 0 Å². The second kappa shape index (κ2) is 5.82. The molecule has 0 aliphatic carbocycles. The average molecular weight is 299 g/mol. The highest BCUT2D eigenvalue weighted by molar-refractivity contribution is 9.10. The minimum Gasteiger partial charge on any atom is -0.493 e. The van der Waals surface area contributed by atoms with Crippen LogP contribution < -0.4 is 4.74 Å². The van der Waals surface area contributed by atoms with Gasteiger partial charge in [0.15, 0.2) is 0 Å². The van der Waals surface area contributed by atoms with Crippen LogP contribution in [0.1, 0.15) is 6.42 Å². The number of aryl methyl sites for hydroxylation is 1. The molecule has 0 saturated heterocycles. The third-order valence-electron chi connectivity index (χ3n) is 2.28. The summed E-state index contributed by atoms with van der Waals surface area (Å²) in [5.74, 6) is 0.244. The number of hydrogen-bond acceptors (Lipinski definition) is 2. The zero-order chi connectivity index (χ0) is 12.1. The molecule has 0 aliphatic rings. The van der Waals surface area contributed by atoms with Gasteiger partial charge in [-0.1, -0.05) is 0 Å². The summed E-state index contributed by atoms with van der Waals surface area (Å²) in [5.41, 5.74) is 0. The van der Waals surface area contributed by atoms with Crippen LogP contribution in [0.5, 0.6) is 5.75 Å². The standard InChI is InChI=1S/C12H12BrFN2O/c13-11-3-2-10(8-12(11)14)17-7-1-5-16-6-4-15-9-16/h2-4,6,8-9H,1,5,7H2. The summed E-state index contributed by atoms with van der Waals surface area (Å²) in [6.07, 6.45) is 6.26. The van der Waals surface area contributed by atoms with Gasteiger partial charge in [-0.2, -0.15) is 0 Å². The minimum absolute atomic E-state index is 0.308. The molecule has 2 rings (SSSR count). The van der Waals surface area contributed by atoms with Crippen molar-refractivity contribution in [2.24, 2.45) is 0 Å². The molecule has 17 heavy (non-hydrogen) atoms. The van der Waals surface area contributed by atoms with E-state index in [4.69, 9.17) is 4.74 Å². The SMILES string of the molecule is Fc1cc(OCCCn2ccnc2)ccc1Br. The number of benzene rings is 1. The van der Waals surface area contributed by atoms with E-state index < -0.39 is 0 Å². The molecule has 0 aliphatic heterocycles. The third kappa shape index (κ3) is 3.56. The highest BCUT2D eigenvalue weighted by atomic mass is 79.9. The Hall–Kier alpha value is -1.36. The monoisotopic (exact) mass is 298 g/mol. The van der Waals surface area contributed by atoms with Crippen molar-refractivity contribution < 1.29 is 9.13 Å². The van der Waals surface area contributed by atoms with Gasteiger partial charge in [-0.25, -0.2) is 9.37 Å². The molecule has 90 valence electrons. The van der Waals surface area contributed by atoms with Crippen LogP contribution in [0.2, 0.25) is 0 Å². The lowest BCUT2D eigenvalue weighted by Gasteiger charge is -2.07. The van der Waals surface area contributed by atoms with E-state index in [1.54, 1.807) is 24.7 Å². The van der Waals surface area contributed by atoms with Crippen molar-refractivity contribution in [3.8, 4) is 5.75 Å². The molecule has 5 heteroatoms. The summed E-state index contributed by atoms with van der Waals surface area (Å²) < 4.78 is 21.0. The molecular weight excluding hydrogens is 287 g/mol. The van der Waals surface area contributed by atoms with Gasteiger partial charge in [0.25, 0.3) is 0 Å². The van der Waals surface area contributed by atoms with Gasteiger partial charge in [-0.15, -0.1) is 0 Å². The maximum atomic E-state index is 13.2. The van der Waals surface area contributed by atoms with E-state index >= 15 is 0 Å². The number of nitrogens with zero attached hydrogens (tertiary/aromatic N) is 2. The summed E-state index contributed by atoms with van der Waals surface area (Å²) in [6, 6.07) is 4.76. The smallest absolute Gasteiger partial charge is 0.141 e. The van der Waals surface area contributed by atoms with Gasteiger partial charge in [-0.05, 0) is 34.5 Å². The number of rotatable bonds is 5. The van der Waals surface area contributed by atoms with E-state index in [-0.39, 0.29) is 5.82 Å². The lowest BCUT2D eigenvalue weighted by atomic mass is 10.3. The van der Waals surface area contributed by atoms with Gasteiger partial charge in [0, 0.05) is 25.0 Å². The Bertz CT molecular complexity index is 473. The Morgan fingerprint density at radius 1 is 1.41 bits per heavy atom. The van der Waals surface area contributed by atoms with Gasteiger partial charge in [0.2, 0.25) is 0 Å². The Morgan fingerprint density at radius 2 is 2.29 bits per heavy atom. The molecule has 0 saturated carbocycles. The van der Waals surface area contributed by atoms with Crippen molar-refractivity contribution in [3.05, 3.63) is 47.2 Å². The van der Waals surface area contributed by atoms with Crippen molar-refractivity contribution in [1.82, 2.24) is 9.55 Å². The third-order valence-corrected chi connectivity index (χ3v) is 2.92. The largest absolute Gasteiger partial charge is 0.493 e. The summed E-state index contributed by atoms with van der Waals surface area (Å²) >= 11 is 3.10. The fraction of sp³-hybridized carbons (Fsp3) is 0.250. The number of ether oxygens (including phenoxy) is 1. The van der Waals surface area contributed by atoms with Crippen LogP contribution in [0.4, 0.5) is 4.39 Å². The molecule has 0 spiro atoms. The van der Waals surface area contributed by atoms with Gasteiger partial charge < -0.3 is 9.30 Å². The Labute approximate surface area is 107 Å². The molecule has 0 radical (unpaired) electrons. The van der Waals surface area contributed by atoms with E-state index in [0.717, 1.165) is 13.0 Å². The first-order valence-corrected chi connectivity index (χ1v) is 6.08. The van der Waals surface area contributed by atoms with Crippen LogP contribution in [-0.2, 0) is 6.54 Å². The summed E-state index contributed by atoms with van der Waals surface area (Å²) in [6.45, 7) is 1.40. The molecule has 0 atom stereocenters. The molecule has 1 aromatic carbocycles. The quantitative estimate of drug-likeness (QED) is 0.792. The Kier molecular flexibility index (Phi) is 4.14. The second-order valence-corrected chi connectivity index (χ2v) is 4.43. The van der Waals surface area contributed by atoms with Crippen LogP contribution in [0, 0.1) is 5.82 Å². The fourth-order valence-electron chi connectivity index (χ4n) is 1.42. The number of imidazole rings is 1. The molecule has 0 bridgehead atoms. The molecule has 0 unspecified atom stereocenters. The van der Waals surface area contributed by atoms with E-state index in [9.17, 15) is 4.39 Å². The molecule has 1 aromatic heterocycles. The van der Waals surface area contributed by atoms with Gasteiger partial charge in [0.1, 0.15) is 11.6 Å². The predicted molar refractivity (Wildman–Crippen MR) is 66.4 cm³/mol. The zero-order valence-electron chi connectivity index (χ0n) is 9.14. The minimum atomic E-state index is -0.308.